The summed E-state index contributed by atoms with van der Waals surface area (Å²) in [4.78, 5) is 6.73. The monoisotopic (exact) mass is 286 g/mol. The van der Waals surface area contributed by atoms with Crippen LogP contribution in [0.4, 0.5) is 13.2 Å². The lowest BCUT2D eigenvalue weighted by Gasteiger charge is -2.09. The molecule has 0 bridgehead atoms. The van der Waals surface area contributed by atoms with Gasteiger partial charge in [0.05, 0.1) is 5.69 Å². The third-order valence-corrected chi connectivity index (χ3v) is 2.94. The topological polar surface area (TPSA) is 25.8 Å². The van der Waals surface area contributed by atoms with Crippen molar-refractivity contribution in [3.05, 3.63) is 46.4 Å². The molecule has 0 fully saturated rings. The van der Waals surface area contributed by atoms with Crippen molar-refractivity contribution in [2.45, 2.75) is 20.0 Å². The molecule has 1 heterocycles. The zero-order chi connectivity index (χ0) is 14.2. The summed E-state index contributed by atoms with van der Waals surface area (Å²) < 4.78 is 37.9. The number of hydrogen-bond donors (Lipinski definition) is 0. The Balaban J connectivity index is 2.56. The standard InChI is InChI=1S/C13H10ClF3N2/c1-7-3-4-9(5-8(7)2)10-6-11(14)19-12(18-10)13(15,16)17/h3-6H,1-2H3. The molecule has 1 aromatic heterocycles. The van der Waals surface area contributed by atoms with E-state index in [0.717, 1.165) is 11.1 Å². The van der Waals surface area contributed by atoms with Crippen LogP contribution in [0.2, 0.25) is 5.15 Å². The molecule has 2 rings (SSSR count). The van der Waals surface area contributed by atoms with Gasteiger partial charge in [0.25, 0.3) is 0 Å². The van der Waals surface area contributed by atoms with Crippen LogP contribution in [0.15, 0.2) is 24.3 Å². The Hall–Kier alpha value is -1.62. The molecular formula is C13H10ClF3N2. The van der Waals surface area contributed by atoms with Crippen LogP contribution in [0.25, 0.3) is 11.3 Å². The number of alkyl halides is 3. The molecule has 0 amide bonds. The van der Waals surface area contributed by atoms with Gasteiger partial charge in [-0.1, -0.05) is 23.7 Å². The number of hydrogen-bond acceptors (Lipinski definition) is 2. The summed E-state index contributed by atoms with van der Waals surface area (Å²) in [6.07, 6.45) is -4.61. The van der Waals surface area contributed by atoms with Gasteiger partial charge in [-0.2, -0.15) is 13.2 Å². The van der Waals surface area contributed by atoms with Crippen LogP contribution < -0.4 is 0 Å². The largest absolute Gasteiger partial charge is 0.451 e. The van der Waals surface area contributed by atoms with Crippen molar-refractivity contribution < 1.29 is 13.2 Å². The lowest BCUT2D eigenvalue weighted by atomic mass is 10.0. The Kier molecular flexibility index (Phi) is 3.49. The van der Waals surface area contributed by atoms with Crippen molar-refractivity contribution >= 4 is 11.6 Å². The first-order valence-electron chi connectivity index (χ1n) is 5.47. The van der Waals surface area contributed by atoms with E-state index in [1.165, 1.54) is 6.07 Å². The number of nitrogens with zero attached hydrogens (tertiary/aromatic N) is 2. The minimum absolute atomic E-state index is 0.162. The zero-order valence-corrected chi connectivity index (χ0v) is 11.0. The molecule has 2 aromatic rings. The highest BCUT2D eigenvalue weighted by Gasteiger charge is 2.35. The summed E-state index contributed by atoms with van der Waals surface area (Å²) in [7, 11) is 0. The quantitative estimate of drug-likeness (QED) is 0.725. The van der Waals surface area contributed by atoms with E-state index in [9.17, 15) is 13.2 Å². The zero-order valence-electron chi connectivity index (χ0n) is 10.2. The molecule has 0 aliphatic rings. The summed E-state index contributed by atoms with van der Waals surface area (Å²) in [5.74, 6) is -1.23. The first-order chi connectivity index (χ1) is 8.77. The predicted octanol–water partition coefficient (Wildman–Crippen LogP) is 4.43. The molecule has 0 saturated heterocycles. The minimum Gasteiger partial charge on any atom is -0.224 e. The Morgan fingerprint density at radius 3 is 2.26 bits per heavy atom. The molecule has 0 spiro atoms. The molecular weight excluding hydrogens is 277 g/mol. The van der Waals surface area contributed by atoms with Crippen LogP contribution in [0, 0.1) is 13.8 Å². The van der Waals surface area contributed by atoms with Crippen LogP contribution in [0.1, 0.15) is 17.0 Å². The summed E-state index contributed by atoms with van der Waals surface area (Å²) in [6.45, 7) is 3.81. The Labute approximate surface area is 113 Å². The van der Waals surface area contributed by atoms with E-state index in [4.69, 9.17) is 11.6 Å². The van der Waals surface area contributed by atoms with Crippen LogP contribution >= 0.6 is 11.6 Å². The van der Waals surface area contributed by atoms with Crippen LogP contribution in [0.5, 0.6) is 0 Å². The number of benzene rings is 1. The van der Waals surface area contributed by atoms with Crippen molar-refractivity contribution in [1.82, 2.24) is 9.97 Å². The van der Waals surface area contributed by atoms with Gasteiger partial charge in [-0.05, 0) is 31.0 Å². The fourth-order valence-electron chi connectivity index (χ4n) is 1.59. The van der Waals surface area contributed by atoms with E-state index in [1.54, 1.807) is 12.1 Å². The average Bonchev–Trinajstić information content (AvgIpc) is 2.31. The van der Waals surface area contributed by atoms with Crippen molar-refractivity contribution in [3.8, 4) is 11.3 Å². The average molecular weight is 287 g/mol. The van der Waals surface area contributed by atoms with Gasteiger partial charge < -0.3 is 0 Å². The molecule has 0 atom stereocenters. The van der Waals surface area contributed by atoms with Gasteiger partial charge in [-0.15, -0.1) is 0 Å². The molecule has 0 unspecified atom stereocenters. The molecule has 0 N–H and O–H groups in total. The molecule has 0 saturated carbocycles. The van der Waals surface area contributed by atoms with Crippen molar-refractivity contribution in [3.63, 3.8) is 0 Å². The van der Waals surface area contributed by atoms with Crippen LogP contribution in [0.3, 0.4) is 0 Å². The first-order valence-corrected chi connectivity index (χ1v) is 5.84. The SMILES string of the molecule is Cc1ccc(-c2cc(Cl)nc(C(F)(F)F)n2)cc1C. The van der Waals surface area contributed by atoms with Crippen molar-refractivity contribution in [2.75, 3.05) is 0 Å². The molecule has 0 radical (unpaired) electrons. The van der Waals surface area contributed by atoms with Gasteiger partial charge in [-0.3, -0.25) is 0 Å². The normalized spacial score (nSPS) is 11.7. The Morgan fingerprint density at radius 1 is 1.00 bits per heavy atom. The van der Waals surface area contributed by atoms with Gasteiger partial charge in [0, 0.05) is 11.6 Å². The maximum Gasteiger partial charge on any atom is 0.451 e. The second-order valence-corrected chi connectivity index (χ2v) is 4.58. The molecule has 2 nitrogen and oxygen atoms in total. The lowest BCUT2D eigenvalue weighted by Crippen LogP contribution is -2.11. The Bertz CT molecular complexity index is 624. The molecule has 1 aromatic carbocycles. The van der Waals surface area contributed by atoms with E-state index >= 15 is 0 Å². The molecule has 0 aliphatic heterocycles. The summed E-state index contributed by atoms with van der Waals surface area (Å²) in [6, 6.07) is 6.63. The van der Waals surface area contributed by atoms with Gasteiger partial charge in [0.15, 0.2) is 0 Å². The summed E-state index contributed by atoms with van der Waals surface area (Å²) >= 11 is 5.63. The smallest absolute Gasteiger partial charge is 0.224 e. The second kappa shape index (κ2) is 4.81. The fraction of sp³-hybridized carbons (Fsp3) is 0.231. The number of halogens is 4. The van der Waals surface area contributed by atoms with Crippen LogP contribution in [-0.4, -0.2) is 9.97 Å². The minimum atomic E-state index is -4.61. The maximum absolute atomic E-state index is 12.6. The fourth-order valence-corrected chi connectivity index (χ4v) is 1.78. The van der Waals surface area contributed by atoms with E-state index in [2.05, 4.69) is 9.97 Å². The van der Waals surface area contributed by atoms with Gasteiger partial charge in [0.2, 0.25) is 5.82 Å². The first kappa shape index (κ1) is 13.8. The highest BCUT2D eigenvalue weighted by molar-refractivity contribution is 6.29. The highest BCUT2D eigenvalue weighted by Crippen LogP contribution is 2.30. The third kappa shape index (κ3) is 3.04. The third-order valence-electron chi connectivity index (χ3n) is 2.75. The van der Waals surface area contributed by atoms with Gasteiger partial charge in [-0.25, -0.2) is 9.97 Å². The highest BCUT2D eigenvalue weighted by atomic mass is 35.5. The summed E-state index contributed by atoms with van der Waals surface area (Å²) in [5.41, 5.74) is 2.77. The second-order valence-electron chi connectivity index (χ2n) is 4.20. The van der Waals surface area contributed by atoms with Crippen LogP contribution in [-0.2, 0) is 6.18 Å². The van der Waals surface area contributed by atoms with E-state index in [-0.39, 0.29) is 10.8 Å². The molecule has 19 heavy (non-hydrogen) atoms. The Morgan fingerprint density at radius 2 is 1.68 bits per heavy atom. The molecule has 6 heteroatoms. The van der Waals surface area contributed by atoms with Gasteiger partial charge in [0.1, 0.15) is 5.15 Å². The lowest BCUT2D eigenvalue weighted by molar-refractivity contribution is -0.144. The maximum atomic E-state index is 12.6. The van der Waals surface area contributed by atoms with E-state index in [1.807, 2.05) is 19.9 Å². The summed E-state index contributed by atoms with van der Waals surface area (Å²) in [5, 5.41) is -0.226. The van der Waals surface area contributed by atoms with E-state index in [0.29, 0.717) is 5.56 Å². The molecule has 0 aliphatic carbocycles. The van der Waals surface area contributed by atoms with Gasteiger partial charge >= 0.3 is 6.18 Å². The predicted molar refractivity (Wildman–Crippen MR) is 67.0 cm³/mol. The van der Waals surface area contributed by atoms with E-state index < -0.39 is 12.0 Å². The molecule has 100 valence electrons. The van der Waals surface area contributed by atoms with Crippen molar-refractivity contribution in [1.29, 1.82) is 0 Å². The van der Waals surface area contributed by atoms with Crippen molar-refractivity contribution in [2.24, 2.45) is 0 Å². The number of aromatic nitrogens is 2. The number of rotatable bonds is 1. The number of aryl methyl sites for hydroxylation is 2.